The third kappa shape index (κ3) is 6.03. The number of carbonyl (C=O) groups is 1. The van der Waals surface area contributed by atoms with Crippen LogP contribution < -0.4 is 19.5 Å². The van der Waals surface area contributed by atoms with E-state index in [0.717, 1.165) is 9.87 Å². The van der Waals surface area contributed by atoms with E-state index in [1.54, 1.807) is 42.5 Å². The highest BCUT2D eigenvalue weighted by atomic mass is 32.2. The monoisotopic (exact) mass is 470 g/mol. The van der Waals surface area contributed by atoms with Gasteiger partial charge in [-0.1, -0.05) is 30.3 Å². The summed E-state index contributed by atoms with van der Waals surface area (Å²) >= 11 is 0. The molecule has 0 bridgehead atoms. The van der Waals surface area contributed by atoms with E-state index in [1.807, 2.05) is 18.2 Å². The molecule has 1 N–H and O–H groups in total. The first kappa shape index (κ1) is 24.1. The maximum absolute atomic E-state index is 13.4. The van der Waals surface area contributed by atoms with E-state index in [-0.39, 0.29) is 11.4 Å². The van der Waals surface area contributed by atoms with Crippen LogP contribution in [0.4, 0.5) is 5.69 Å². The minimum Gasteiger partial charge on any atom is -0.497 e. The summed E-state index contributed by atoms with van der Waals surface area (Å²) < 4.78 is 43.6. The summed E-state index contributed by atoms with van der Waals surface area (Å²) in [6.07, 6.45) is 0. The van der Waals surface area contributed by atoms with Gasteiger partial charge in [0.05, 0.1) is 38.5 Å². The molecule has 0 fully saturated rings. The number of methoxy groups -OCH3 is 3. The number of carbonyl (C=O) groups excluding carboxylic acids is 1. The fourth-order valence-corrected chi connectivity index (χ4v) is 4.56. The molecule has 0 atom stereocenters. The van der Waals surface area contributed by atoms with Crippen LogP contribution in [-0.2, 0) is 21.4 Å². The Kier molecular flexibility index (Phi) is 7.92. The maximum atomic E-state index is 13.4. The Bertz CT molecular complexity index is 1180. The van der Waals surface area contributed by atoms with Gasteiger partial charge < -0.3 is 19.5 Å². The lowest BCUT2D eigenvalue weighted by atomic mass is 10.2. The summed E-state index contributed by atoms with van der Waals surface area (Å²) in [6, 6.07) is 20.1. The molecule has 9 heteroatoms. The van der Waals surface area contributed by atoms with Gasteiger partial charge in [-0.25, -0.2) is 8.42 Å². The number of amides is 1. The first-order valence-corrected chi connectivity index (χ1v) is 11.5. The maximum Gasteiger partial charge on any atom is 0.243 e. The van der Waals surface area contributed by atoms with E-state index in [2.05, 4.69) is 5.32 Å². The van der Waals surface area contributed by atoms with Crippen LogP contribution in [0.2, 0.25) is 0 Å². The quantitative estimate of drug-likeness (QED) is 0.487. The fourth-order valence-electron chi connectivity index (χ4n) is 3.17. The number of benzene rings is 3. The standard InChI is InChI=1S/C24H26N2O6S/c1-30-19-9-12-21(13-10-19)33(28,29)26(16-18-7-5-4-6-8-18)17-24(27)25-22-15-20(31-2)11-14-23(22)32-3/h4-15H,16-17H2,1-3H3,(H,25,27). The molecule has 0 aliphatic heterocycles. The van der Waals surface area contributed by atoms with Crippen LogP contribution in [0.3, 0.4) is 0 Å². The summed E-state index contributed by atoms with van der Waals surface area (Å²) in [4.78, 5) is 13.0. The Balaban J connectivity index is 1.89. The summed E-state index contributed by atoms with van der Waals surface area (Å²) in [5.74, 6) is 0.968. The lowest BCUT2D eigenvalue weighted by molar-refractivity contribution is -0.116. The van der Waals surface area contributed by atoms with E-state index in [4.69, 9.17) is 14.2 Å². The minimum absolute atomic E-state index is 0.0257. The Morgan fingerprint density at radius 3 is 2.09 bits per heavy atom. The van der Waals surface area contributed by atoms with Crippen molar-refractivity contribution >= 4 is 21.6 Å². The average molecular weight is 471 g/mol. The Hall–Kier alpha value is -3.56. The molecule has 8 nitrogen and oxygen atoms in total. The topological polar surface area (TPSA) is 94.2 Å². The lowest BCUT2D eigenvalue weighted by Crippen LogP contribution is -2.37. The van der Waals surface area contributed by atoms with E-state index in [1.165, 1.54) is 33.5 Å². The minimum atomic E-state index is -3.98. The first-order valence-electron chi connectivity index (χ1n) is 10.1. The Morgan fingerprint density at radius 2 is 1.48 bits per heavy atom. The van der Waals surface area contributed by atoms with Crippen molar-refractivity contribution in [2.24, 2.45) is 0 Å². The number of hydrogen-bond donors (Lipinski definition) is 1. The predicted octanol–water partition coefficient (Wildman–Crippen LogP) is 3.54. The van der Waals surface area contributed by atoms with Gasteiger partial charge in [0.15, 0.2) is 0 Å². The molecule has 33 heavy (non-hydrogen) atoms. The SMILES string of the molecule is COc1ccc(S(=O)(=O)N(CC(=O)Nc2cc(OC)ccc2OC)Cc2ccccc2)cc1. The number of hydrogen-bond acceptors (Lipinski definition) is 6. The van der Waals surface area contributed by atoms with Gasteiger partial charge in [0.25, 0.3) is 0 Å². The second kappa shape index (κ2) is 10.8. The molecular formula is C24H26N2O6S. The van der Waals surface area contributed by atoms with Crippen molar-refractivity contribution in [3.05, 3.63) is 78.4 Å². The largest absolute Gasteiger partial charge is 0.497 e. The second-order valence-corrected chi connectivity index (χ2v) is 8.99. The van der Waals surface area contributed by atoms with Crippen LogP contribution in [0.1, 0.15) is 5.56 Å². The average Bonchev–Trinajstić information content (AvgIpc) is 2.84. The molecule has 0 heterocycles. The fraction of sp³-hybridized carbons (Fsp3) is 0.208. The molecule has 3 aromatic rings. The normalized spacial score (nSPS) is 11.2. The highest BCUT2D eigenvalue weighted by Crippen LogP contribution is 2.29. The third-order valence-corrected chi connectivity index (χ3v) is 6.71. The smallest absolute Gasteiger partial charge is 0.243 e. The van der Waals surface area contributed by atoms with Gasteiger partial charge in [0, 0.05) is 12.6 Å². The molecule has 0 aliphatic rings. The summed E-state index contributed by atoms with van der Waals surface area (Å²) in [5.41, 5.74) is 1.13. The lowest BCUT2D eigenvalue weighted by Gasteiger charge is -2.22. The molecule has 174 valence electrons. The van der Waals surface area contributed by atoms with Gasteiger partial charge in [-0.15, -0.1) is 0 Å². The molecule has 0 unspecified atom stereocenters. The molecule has 3 rings (SSSR count). The van der Waals surface area contributed by atoms with Crippen LogP contribution in [0, 0.1) is 0 Å². The van der Waals surface area contributed by atoms with E-state index in [9.17, 15) is 13.2 Å². The van der Waals surface area contributed by atoms with E-state index in [0.29, 0.717) is 22.9 Å². The van der Waals surface area contributed by atoms with Gasteiger partial charge in [-0.05, 0) is 42.0 Å². The Morgan fingerprint density at radius 1 is 0.848 bits per heavy atom. The zero-order valence-electron chi connectivity index (χ0n) is 18.6. The van der Waals surface area contributed by atoms with Crippen molar-refractivity contribution in [1.29, 1.82) is 0 Å². The van der Waals surface area contributed by atoms with Crippen molar-refractivity contribution in [3.63, 3.8) is 0 Å². The number of nitrogens with zero attached hydrogens (tertiary/aromatic N) is 1. The third-order valence-electron chi connectivity index (χ3n) is 4.90. The van der Waals surface area contributed by atoms with Crippen LogP contribution in [0.15, 0.2) is 77.7 Å². The number of rotatable bonds is 10. The van der Waals surface area contributed by atoms with Gasteiger partial charge in [-0.2, -0.15) is 4.31 Å². The van der Waals surface area contributed by atoms with Gasteiger partial charge >= 0.3 is 0 Å². The second-order valence-electron chi connectivity index (χ2n) is 7.05. The summed E-state index contributed by atoms with van der Waals surface area (Å²) in [7, 11) is 0.513. The van der Waals surface area contributed by atoms with Crippen LogP contribution in [0.25, 0.3) is 0 Å². The Labute approximate surface area is 193 Å². The van der Waals surface area contributed by atoms with E-state index >= 15 is 0 Å². The number of anilines is 1. The number of ether oxygens (including phenoxy) is 3. The molecule has 0 saturated heterocycles. The molecule has 0 spiro atoms. The summed E-state index contributed by atoms with van der Waals surface area (Å²) in [5, 5.41) is 2.72. The molecule has 1 amide bonds. The highest BCUT2D eigenvalue weighted by Gasteiger charge is 2.27. The zero-order valence-corrected chi connectivity index (χ0v) is 19.5. The number of nitrogens with one attached hydrogen (secondary N) is 1. The highest BCUT2D eigenvalue weighted by molar-refractivity contribution is 7.89. The van der Waals surface area contributed by atoms with Crippen LogP contribution >= 0.6 is 0 Å². The van der Waals surface area contributed by atoms with Crippen LogP contribution in [-0.4, -0.2) is 46.5 Å². The van der Waals surface area contributed by atoms with E-state index < -0.39 is 22.5 Å². The van der Waals surface area contributed by atoms with Crippen molar-refractivity contribution in [2.75, 3.05) is 33.2 Å². The summed E-state index contributed by atoms with van der Waals surface area (Å²) in [6.45, 7) is -0.374. The predicted molar refractivity (Wildman–Crippen MR) is 125 cm³/mol. The van der Waals surface area contributed by atoms with Crippen molar-refractivity contribution in [3.8, 4) is 17.2 Å². The van der Waals surface area contributed by atoms with Gasteiger partial charge in [0.2, 0.25) is 15.9 Å². The molecule has 0 radical (unpaired) electrons. The first-order chi connectivity index (χ1) is 15.9. The van der Waals surface area contributed by atoms with Gasteiger partial charge in [-0.3, -0.25) is 4.79 Å². The molecular weight excluding hydrogens is 444 g/mol. The molecule has 0 aliphatic carbocycles. The van der Waals surface area contributed by atoms with Crippen LogP contribution in [0.5, 0.6) is 17.2 Å². The molecule has 0 aromatic heterocycles. The number of sulfonamides is 1. The van der Waals surface area contributed by atoms with Crippen molar-refractivity contribution in [2.45, 2.75) is 11.4 Å². The van der Waals surface area contributed by atoms with Crippen molar-refractivity contribution < 1.29 is 27.4 Å². The van der Waals surface area contributed by atoms with Crippen molar-refractivity contribution in [1.82, 2.24) is 4.31 Å². The van der Waals surface area contributed by atoms with Gasteiger partial charge in [0.1, 0.15) is 17.2 Å². The molecule has 0 saturated carbocycles. The zero-order chi connectivity index (χ0) is 23.8. The molecule has 3 aromatic carbocycles.